The summed E-state index contributed by atoms with van der Waals surface area (Å²) < 4.78 is 40.7. The summed E-state index contributed by atoms with van der Waals surface area (Å²) in [5.41, 5.74) is 0.551. The number of non-ortho nitro benzene ring substituents is 1. The van der Waals surface area contributed by atoms with Crippen molar-refractivity contribution in [1.82, 2.24) is 0 Å². The molecule has 0 saturated carbocycles. The molecule has 0 bridgehead atoms. The second kappa shape index (κ2) is 7.35. The normalized spacial score (nSPS) is 20.9. The molecule has 2 aromatic rings. The molecule has 1 atom stereocenters. The smallest absolute Gasteiger partial charge is 0.748 e. The van der Waals surface area contributed by atoms with Crippen molar-refractivity contribution < 1.29 is 52.2 Å². The molecule has 1 spiro atoms. The first-order valence-corrected chi connectivity index (χ1v) is 10.5. The third-order valence-corrected chi connectivity index (χ3v) is 6.47. The van der Waals surface area contributed by atoms with E-state index in [-0.39, 0.29) is 46.6 Å². The van der Waals surface area contributed by atoms with Gasteiger partial charge in [0.05, 0.1) is 26.2 Å². The van der Waals surface area contributed by atoms with Crippen molar-refractivity contribution >= 4 is 27.6 Å². The topological polar surface area (TPSA) is 113 Å². The Bertz CT molecular complexity index is 1180. The monoisotopic (exact) mass is 438 g/mol. The van der Waals surface area contributed by atoms with Gasteiger partial charge in [-0.15, -0.1) is 0 Å². The Hall–Kier alpha value is -1.91. The average Bonchev–Trinajstić information content (AvgIpc) is 2.80. The third-order valence-electron chi connectivity index (χ3n) is 5.80. The number of likely N-dealkylation sites (N-methyl/N-ethyl adjacent to an activating group) is 1. The minimum atomic E-state index is -4.67. The van der Waals surface area contributed by atoms with Crippen molar-refractivity contribution in [2.75, 3.05) is 11.9 Å². The first-order chi connectivity index (χ1) is 13.5. The predicted molar refractivity (Wildman–Crippen MR) is 107 cm³/mol. The summed E-state index contributed by atoms with van der Waals surface area (Å²) in [7, 11) is -2.80. The van der Waals surface area contributed by atoms with E-state index in [9.17, 15) is 23.1 Å². The van der Waals surface area contributed by atoms with Crippen LogP contribution >= 0.6 is 0 Å². The molecule has 8 nitrogen and oxygen atoms in total. The van der Waals surface area contributed by atoms with Crippen molar-refractivity contribution in [3.63, 3.8) is 0 Å². The largest absolute Gasteiger partial charge is 1.00 e. The molecule has 0 aromatic heterocycles. The van der Waals surface area contributed by atoms with E-state index in [1.165, 1.54) is 6.07 Å². The SMILES string of the molecule is CN1c2ccccc2C(C)(C)C12C=Cc1cc([N+](=O)[O-])cc(CS(=O)(=O)[O-])c1O2.[Na+]. The number of ether oxygens (including phenoxy) is 1. The van der Waals surface area contributed by atoms with Crippen LogP contribution in [0.3, 0.4) is 0 Å². The summed E-state index contributed by atoms with van der Waals surface area (Å²) >= 11 is 0. The van der Waals surface area contributed by atoms with Gasteiger partial charge < -0.3 is 14.2 Å². The Morgan fingerprint density at radius 2 is 1.87 bits per heavy atom. The predicted octanol–water partition coefficient (Wildman–Crippen LogP) is 0.174. The second-order valence-electron chi connectivity index (χ2n) is 7.82. The second-order valence-corrected chi connectivity index (χ2v) is 9.22. The number of nitrogens with zero attached hydrogens (tertiary/aromatic N) is 2. The number of fused-ring (bicyclic) bond motifs is 2. The number of nitro benzene ring substituents is 1. The molecule has 0 aliphatic carbocycles. The molecule has 2 aliphatic heterocycles. The summed E-state index contributed by atoms with van der Waals surface area (Å²) in [5.74, 6) is -0.719. The van der Waals surface area contributed by atoms with Gasteiger partial charge in [-0.3, -0.25) is 10.1 Å². The van der Waals surface area contributed by atoms with Gasteiger partial charge in [-0.2, -0.15) is 0 Å². The molecule has 10 heteroatoms. The molecule has 2 heterocycles. The fourth-order valence-corrected chi connectivity index (χ4v) is 4.94. The number of rotatable bonds is 3. The first kappa shape index (κ1) is 22.8. The zero-order valence-corrected chi connectivity index (χ0v) is 19.9. The van der Waals surface area contributed by atoms with E-state index in [1.807, 2.05) is 56.1 Å². The summed E-state index contributed by atoms with van der Waals surface area (Å²) in [5, 5.41) is 11.3. The van der Waals surface area contributed by atoms with Crippen molar-refractivity contribution in [3.8, 4) is 5.75 Å². The molecule has 2 aliphatic rings. The maximum Gasteiger partial charge on any atom is 1.00 e. The standard InChI is InChI=1S/C20H20N2O6S.Na/c1-19(2)16-6-4-5-7-17(16)21(3)20(19)9-8-13-10-15(22(23)24)11-14(18(13)28-20)12-29(25,26)27;/h4-11H,12H2,1-3H3,(H,25,26,27);/q;+1/p-1. The van der Waals surface area contributed by atoms with Gasteiger partial charge in [0.1, 0.15) is 5.75 Å². The Kier molecular flexibility index (Phi) is 5.58. The maximum absolute atomic E-state index is 11.4. The fraction of sp³-hybridized carbons (Fsp3) is 0.300. The van der Waals surface area contributed by atoms with E-state index >= 15 is 0 Å². The number of anilines is 1. The summed E-state index contributed by atoms with van der Waals surface area (Å²) in [6, 6.07) is 10.2. The van der Waals surface area contributed by atoms with Crippen LogP contribution in [0.5, 0.6) is 5.75 Å². The third kappa shape index (κ3) is 3.34. The minimum absolute atomic E-state index is 0. The zero-order valence-electron chi connectivity index (χ0n) is 17.1. The van der Waals surface area contributed by atoms with Crippen LogP contribution in [-0.4, -0.2) is 30.7 Å². The zero-order chi connectivity index (χ0) is 21.2. The molecule has 2 aromatic carbocycles. The number of nitro groups is 1. The van der Waals surface area contributed by atoms with E-state index in [2.05, 4.69) is 0 Å². The van der Waals surface area contributed by atoms with Crippen molar-refractivity contribution in [1.29, 1.82) is 0 Å². The van der Waals surface area contributed by atoms with Gasteiger partial charge in [0.25, 0.3) is 5.69 Å². The Morgan fingerprint density at radius 3 is 2.47 bits per heavy atom. The maximum atomic E-state index is 11.4. The van der Waals surface area contributed by atoms with Crippen LogP contribution in [0.2, 0.25) is 0 Å². The molecular formula is C20H19N2NaO6S. The quantitative estimate of drug-likeness (QED) is 0.291. The molecule has 0 radical (unpaired) electrons. The number of hydrogen-bond acceptors (Lipinski definition) is 7. The van der Waals surface area contributed by atoms with Crippen LogP contribution in [0, 0.1) is 10.1 Å². The van der Waals surface area contributed by atoms with Crippen molar-refractivity contribution in [2.45, 2.75) is 30.7 Å². The molecule has 30 heavy (non-hydrogen) atoms. The van der Waals surface area contributed by atoms with Gasteiger partial charge in [0.2, 0.25) is 5.72 Å². The average molecular weight is 438 g/mol. The van der Waals surface area contributed by atoms with Crippen LogP contribution in [-0.2, 0) is 21.3 Å². The number of para-hydroxylation sites is 1. The molecule has 0 fully saturated rings. The van der Waals surface area contributed by atoms with Crippen LogP contribution in [0.25, 0.3) is 6.08 Å². The van der Waals surface area contributed by atoms with E-state index in [0.29, 0.717) is 5.56 Å². The van der Waals surface area contributed by atoms with E-state index in [0.717, 1.165) is 17.3 Å². The van der Waals surface area contributed by atoms with Crippen molar-refractivity contribution in [3.05, 3.63) is 69.3 Å². The number of hydrogen-bond donors (Lipinski definition) is 0. The van der Waals surface area contributed by atoms with Gasteiger partial charge in [0.15, 0.2) is 0 Å². The van der Waals surface area contributed by atoms with E-state index in [1.54, 1.807) is 6.08 Å². The van der Waals surface area contributed by atoms with E-state index < -0.39 is 31.9 Å². The van der Waals surface area contributed by atoms with Crippen LogP contribution in [0.4, 0.5) is 11.4 Å². The first-order valence-electron chi connectivity index (χ1n) is 8.93. The number of benzene rings is 2. The molecule has 0 N–H and O–H groups in total. The van der Waals surface area contributed by atoms with Gasteiger partial charge >= 0.3 is 29.6 Å². The van der Waals surface area contributed by atoms with Gasteiger partial charge in [-0.25, -0.2) is 8.42 Å². The van der Waals surface area contributed by atoms with Crippen LogP contribution < -0.4 is 39.2 Å². The van der Waals surface area contributed by atoms with E-state index in [4.69, 9.17) is 4.74 Å². The van der Waals surface area contributed by atoms with Crippen LogP contribution in [0.15, 0.2) is 42.5 Å². The molecular weight excluding hydrogens is 419 g/mol. The Morgan fingerprint density at radius 1 is 1.20 bits per heavy atom. The Labute approximate surface area is 196 Å². The molecule has 152 valence electrons. The van der Waals surface area contributed by atoms with Gasteiger partial charge in [-0.05, 0) is 37.6 Å². The Balaban J connectivity index is 0.00000256. The van der Waals surface area contributed by atoms with Crippen LogP contribution in [0.1, 0.15) is 30.5 Å². The fourth-order valence-electron chi connectivity index (χ4n) is 4.34. The minimum Gasteiger partial charge on any atom is -0.748 e. The summed E-state index contributed by atoms with van der Waals surface area (Å²) in [6.45, 7) is 4.03. The van der Waals surface area contributed by atoms with Gasteiger partial charge in [-0.1, -0.05) is 18.2 Å². The molecule has 0 saturated heterocycles. The molecule has 0 amide bonds. The summed E-state index contributed by atoms with van der Waals surface area (Å²) in [6.07, 6.45) is 3.52. The molecule has 4 rings (SSSR count). The summed E-state index contributed by atoms with van der Waals surface area (Å²) in [4.78, 5) is 12.6. The van der Waals surface area contributed by atoms with Crippen molar-refractivity contribution in [2.24, 2.45) is 0 Å². The molecule has 1 unspecified atom stereocenters. The van der Waals surface area contributed by atoms with Gasteiger partial charge in [0, 0.05) is 36.0 Å².